The maximum absolute atomic E-state index is 12.9. The van der Waals surface area contributed by atoms with E-state index in [1.807, 2.05) is 13.8 Å². The van der Waals surface area contributed by atoms with Gasteiger partial charge in [0.2, 0.25) is 0 Å². The Labute approximate surface area is 198 Å². The van der Waals surface area contributed by atoms with Gasteiger partial charge in [-0.25, -0.2) is 0 Å². The van der Waals surface area contributed by atoms with Gasteiger partial charge in [0.25, 0.3) is 11.8 Å². The summed E-state index contributed by atoms with van der Waals surface area (Å²) in [6, 6.07) is 4.96. The van der Waals surface area contributed by atoms with E-state index in [9.17, 15) is 9.59 Å². The number of piperidine rings is 1. The molecule has 10 heteroatoms. The fourth-order valence-corrected chi connectivity index (χ4v) is 3.82. The van der Waals surface area contributed by atoms with E-state index in [-0.39, 0.29) is 41.2 Å². The van der Waals surface area contributed by atoms with Crippen LogP contribution in [0, 0.1) is 6.92 Å². The summed E-state index contributed by atoms with van der Waals surface area (Å²) < 4.78 is 5.86. The Bertz CT molecular complexity index is 962. The number of rotatable bonds is 5. The van der Waals surface area contributed by atoms with Crippen molar-refractivity contribution in [3.05, 3.63) is 45.2 Å². The summed E-state index contributed by atoms with van der Waals surface area (Å²) in [6.07, 6.45) is 1.65. The Morgan fingerprint density at radius 2 is 2.00 bits per heavy atom. The molecule has 1 aromatic heterocycles. The normalized spacial score (nSPS) is 16.1. The van der Waals surface area contributed by atoms with E-state index in [1.54, 1.807) is 30.0 Å². The third-order valence-corrected chi connectivity index (χ3v) is 5.81. The second-order valence-corrected chi connectivity index (χ2v) is 8.49. The number of aryl methyl sites for hydroxylation is 1. The average molecular weight is 490 g/mol. The third kappa shape index (κ3) is 5.86. The zero-order valence-corrected chi connectivity index (χ0v) is 20.0. The van der Waals surface area contributed by atoms with Gasteiger partial charge in [0.1, 0.15) is 11.4 Å². The van der Waals surface area contributed by atoms with Crippen LogP contribution in [0.15, 0.2) is 18.2 Å². The number of hydrogen-bond donors (Lipinski definition) is 3. The number of aromatic amines is 1. The number of carbonyl (C=O) groups is 2. The van der Waals surface area contributed by atoms with Gasteiger partial charge in [-0.1, -0.05) is 23.2 Å². The van der Waals surface area contributed by atoms with Crippen molar-refractivity contribution < 1.29 is 14.3 Å². The minimum atomic E-state index is -0.454. The molecule has 1 unspecified atom stereocenters. The molecule has 4 N–H and O–H groups in total. The van der Waals surface area contributed by atoms with Gasteiger partial charge in [0.15, 0.2) is 0 Å². The lowest BCUT2D eigenvalue weighted by atomic mass is 10.0. The van der Waals surface area contributed by atoms with Crippen LogP contribution in [0.1, 0.15) is 53.2 Å². The summed E-state index contributed by atoms with van der Waals surface area (Å²) in [4.78, 5) is 30.3. The highest BCUT2D eigenvalue weighted by Crippen LogP contribution is 2.32. The molecule has 0 aliphatic carbocycles. The number of nitrogens with two attached hydrogens (primary N) is 1. The average Bonchev–Trinajstić information content (AvgIpc) is 2.95. The molecule has 1 aromatic carbocycles. The number of ether oxygens (including phenoxy) is 1. The monoisotopic (exact) mass is 488 g/mol. The largest absolute Gasteiger partial charge is 0.489 e. The molecule has 2 amide bonds. The Morgan fingerprint density at radius 1 is 1.29 bits per heavy atom. The van der Waals surface area contributed by atoms with Crippen molar-refractivity contribution in [1.29, 1.82) is 0 Å². The summed E-state index contributed by atoms with van der Waals surface area (Å²) in [7, 11) is 0. The van der Waals surface area contributed by atoms with Gasteiger partial charge in [-0.15, -0.1) is 12.4 Å². The number of carbonyl (C=O) groups excluding carboxylic acids is 2. The fourth-order valence-electron chi connectivity index (χ4n) is 3.40. The number of aromatic nitrogens is 1. The van der Waals surface area contributed by atoms with Gasteiger partial charge >= 0.3 is 0 Å². The quantitative estimate of drug-likeness (QED) is 0.569. The molecule has 2 aromatic rings. The van der Waals surface area contributed by atoms with Crippen LogP contribution in [0.4, 0.5) is 5.69 Å². The maximum atomic E-state index is 12.9. The number of nitrogens with one attached hydrogen (secondary N) is 2. The molecule has 1 aliphatic rings. The Kier molecular flexibility index (Phi) is 8.65. The van der Waals surface area contributed by atoms with Crippen molar-refractivity contribution in [3.8, 4) is 5.75 Å². The molecular formula is C21H27Cl3N4O3. The molecule has 1 atom stereocenters. The van der Waals surface area contributed by atoms with Crippen molar-refractivity contribution in [2.75, 3.05) is 18.4 Å². The molecule has 31 heavy (non-hydrogen) atoms. The summed E-state index contributed by atoms with van der Waals surface area (Å²) >= 11 is 12.2. The van der Waals surface area contributed by atoms with E-state index >= 15 is 0 Å². The molecule has 7 nitrogen and oxygen atoms in total. The third-order valence-electron chi connectivity index (χ3n) is 4.87. The van der Waals surface area contributed by atoms with Gasteiger partial charge < -0.3 is 25.7 Å². The number of benzene rings is 1. The van der Waals surface area contributed by atoms with Gasteiger partial charge in [0.05, 0.1) is 21.8 Å². The topological polar surface area (TPSA) is 100 Å². The van der Waals surface area contributed by atoms with E-state index < -0.39 is 5.91 Å². The minimum absolute atomic E-state index is 0. The first kappa shape index (κ1) is 25.3. The van der Waals surface area contributed by atoms with E-state index in [0.29, 0.717) is 40.8 Å². The molecular weight excluding hydrogens is 463 g/mol. The number of nitrogens with zero attached hydrogens (tertiary/aromatic N) is 1. The highest BCUT2D eigenvalue weighted by molar-refractivity contribution is 6.44. The first-order valence-electron chi connectivity index (χ1n) is 9.87. The number of hydrogen-bond acceptors (Lipinski definition) is 4. The minimum Gasteiger partial charge on any atom is -0.489 e. The van der Waals surface area contributed by atoms with Crippen LogP contribution < -0.4 is 15.8 Å². The van der Waals surface area contributed by atoms with E-state index in [1.165, 1.54) is 0 Å². The second-order valence-electron chi connectivity index (χ2n) is 7.74. The van der Waals surface area contributed by atoms with Crippen molar-refractivity contribution >= 4 is 53.1 Å². The highest BCUT2D eigenvalue weighted by atomic mass is 35.5. The summed E-state index contributed by atoms with van der Waals surface area (Å²) in [5, 5.41) is 3.25. The number of H-pyrrole nitrogens is 1. The van der Waals surface area contributed by atoms with E-state index in [2.05, 4.69) is 10.3 Å². The smallest absolute Gasteiger partial charge is 0.273 e. The lowest BCUT2D eigenvalue weighted by Gasteiger charge is -2.31. The van der Waals surface area contributed by atoms with Gasteiger partial charge in [-0.2, -0.15) is 0 Å². The molecule has 0 saturated carbocycles. The van der Waals surface area contributed by atoms with Crippen molar-refractivity contribution in [3.63, 3.8) is 0 Å². The number of likely N-dealkylation sites (tertiary alicyclic amines) is 1. The second kappa shape index (κ2) is 10.6. The molecule has 3 rings (SSSR count). The molecule has 1 saturated heterocycles. The van der Waals surface area contributed by atoms with Crippen LogP contribution in [-0.4, -0.2) is 46.9 Å². The lowest BCUT2D eigenvalue weighted by molar-refractivity contribution is 0.0708. The summed E-state index contributed by atoms with van der Waals surface area (Å²) in [6.45, 7) is 6.68. The molecule has 0 radical (unpaired) electrons. The lowest BCUT2D eigenvalue weighted by Crippen LogP contribution is -2.45. The predicted octanol–water partition coefficient (Wildman–Crippen LogP) is 4.65. The summed E-state index contributed by atoms with van der Waals surface area (Å²) in [5.74, 6) is -0.160. The Balaban J connectivity index is 0.00000341. The van der Waals surface area contributed by atoms with Crippen LogP contribution in [0.2, 0.25) is 10.0 Å². The first-order chi connectivity index (χ1) is 14.2. The number of anilines is 1. The summed E-state index contributed by atoms with van der Waals surface area (Å²) in [5.41, 5.74) is 7.68. The van der Waals surface area contributed by atoms with E-state index in [4.69, 9.17) is 33.7 Å². The molecule has 170 valence electrons. The van der Waals surface area contributed by atoms with Crippen LogP contribution >= 0.6 is 35.6 Å². The molecule has 1 aliphatic heterocycles. The Morgan fingerprint density at radius 3 is 2.58 bits per heavy atom. The SMILES string of the molecule is Cc1[nH]c(C(=O)Nc2ccc(C(=O)N3CCCC(N)C3)cc2OC(C)C)c(Cl)c1Cl.Cl. The standard InChI is InChI=1S/C21H26Cl2N4O3.ClH/c1-11(2)30-16-9-13(21(29)27-8-4-5-14(24)10-27)6-7-15(16)26-20(28)19-18(23)17(22)12(3)25-19;/h6-7,9,11,14,25H,4-5,8,10,24H2,1-3H3,(H,26,28);1H. The van der Waals surface area contributed by atoms with Crippen molar-refractivity contribution in [2.45, 2.75) is 45.8 Å². The first-order valence-corrected chi connectivity index (χ1v) is 10.6. The predicted molar refractivity (Wildman–Crippen MR) is 126 cm³/mol. The van der Waals surface area contributed by atoms with Crippen LogP contribution in [0.5, 0.6) is 5.75 Å². The highest BCUT2D eigenvalue weighted by Gasteiger charge is 2.24. The fraction of sp³-hybridized carbons (Fsp3) is 0.429. The van der Waals surface area contributed by atoms with Crippen molar-refractivity contribution in [2.24, 2.45) is 5.73 Å². The molecule has 1 fully saturated rings. The van der Waals surface area contributed by atoms with Gasteiger partial charge in [0, 0.05) is 30.4 Å². The van der Waals surface area contributed by atoms with Crippen LogP contribution in [0.25, 0.3) is 0 Å². The van der Waals surface area contributed by atoms with Gasteiger partial charge in [-0.3, -0.25) is 9.59 Å². The van der Waals surface area contributed by atoms with Crippen molar-refractivity contribution in [1.82, 2.24) is 9.88 Å². The number of halogens is 3. The maximum Gasteiger partial charge on any atom is 0.273 e. The van der Waals surface area contributed by atoms with E-state index in [0.717, 1.165) is 12.8 Å². The van der Waals surface area contributed by atoms with Crippen LogP contribution in [0.3, 0.4) is 0 Å². The van der Waals surface area contributed by atoms with Crippen LogP contribution in [-0.2, 0) is 0 Å². The molecule has 0 spiro atoms. The molecule has 2 heterocycles. The molecule has 0 bridgehead atoms. The zero-order chi connectivity index (χ0) is 22.0. The Hall–Kier alpha value is -1.93. The zero-order valence-electron chi connectivity index (χ0n) is 17.6. The van der Waals surface area contributed by atoms with Gasteiger partial charge in [-0.05, 0) is 51.8 Å². The number of amides is 2.